The molecule has 19 heavy (non-hydrogen) atoms. The zero-order valence-corrected chi connectivity index (χ0v) is 10.8. The first-order chi connectivity index (χ1) is 9.12. The Bertz CT molecular complexity index is 653. The highest BCUT2D eigenvalue weighted by molar-refractivity contribution is 6.30. The molecule has 1 aromatic heterocycles. The second kappa shape index (κ2) is 5.42. The molecule has 0 saturated heterocycles. The van der Waals surface area contributed by atoms with Crippen molar-refractivity contribution in [3.63, 3.8) is 0 Å². The van der Waals surface area contributed by atoms with Crippen LogP contribution in [0.25, 0.3) is 0 Å². The lowest BCUT2D eigenvalue weighted by atomic mass is 10.2. The Balaban J connectivity index is 2.38. The molecule has 0 unspecified atom stereocenters. The maximum absolute atomic E-state index is 9.03. The highest BCUT2D eigenvalue weighted by Crippen LogP contribution is 2.25. The van der Waals surface area contributed by atoms with E-state index in [2.05, 4.69) is 21.4 Å². The van der Waals surface area contributed by atoms with E-state index < -0.39 is 0 Å². The summed E-state index contributed by atoms with van der Waals surface area (Å²) in [5, 5.41) is 12.5. The Morgan fingerprint density at radius 3 is 2.84 bits per heavy atom. The summed E-state index contributed by atoms with van der Waals surface area (Å²) in [5.74, 6) is 0.820. The first-order valence-electron chi connectivity index (χ1n) is 5.27. The number of nitrogens with two attached hydrogens (primary N) is 1. The molecule has 0 aliphatic rings. The van der Waals surface area contributed by atoms with E-state index in [9.17, 15) is 0 Å². The second-order valence-corrected chi connectivity index (χ2v) is 4.02. The fourth-order valence-corrected chi connectivity index (χ4v) is 1.64. The summed E-state index contributed by atoms with van der Waals surface area (Å²) in [6.07, 6.45) is 0. The number of nitrogens with zero attached hydrogens (tertiary/aromatic N) is 3. The summed E-state index contributed by atoms with van der Waals surface area (Å²) in [6, 6.07) is 8.51. The number of hydrogen-bond acceptors (Lipinski definition) is 6. The molecule has 0 spiro atoms. The highest BCUT2D eigenvalue weighted by atomic mass is 35.5. The lowest BCUT2D eigenvalue weighted by Gasteiger charge is -2.09. The number of benzene rings is 1. The highest BCUT2D eigenvalue weighted by Gasteiger charge is 2.07. The van der Waals surface area contributed by atoms with Gasteiger partial charge < -0.3 is 15.8 Å². The number of nitrogen functional groups attached to an aromatic ring is 1. The minimum absolute atomic E-state index is 0.0717. The lowest BCUT2D eigenvalue weighted by molar-refractivity contribution is 0.398. The number of hydrogen-bond donors (Lipinski definition) is 2. The Kier molecular flexibility index (Phi) is 3.68. The molecule has 96 valence electrons. The van der Waals surface area contributed by atoms with E-state index in [4.69, 9.17) is 27.3 Å². The molecule has 0 aliphatic heterocycles. The van der Waals surface area contributed by atoms with Gasteiger partial charge in [0.2, 0.25) is 11.8 Å². The van der Waals surface area contributed by atoms with Crippen LogP contribution in [-0.2, 0) is 0 Å². The lowest BCUT2D eigenvalue weighted by Crippen LogP contribution is -2.02. The van der Waals surface area contributed by atoms with Gasteiger partial charge in [-0.1, -0.05) is 11.6 Å². The summed E-state index contributed by atoms with van der Waals surface area (Å²) in [5.41, 5.74) is 6.54. The average molecular weight is 276 g/mol. The number of rotatable bonds is 3. The Morgan fingerprint density at radius 2 is 2.16 bits per heavy atom. The topological polar surface area (TPSA) is 96.8 Å². The summed E-state index contributed by atoms with van der Waals surface area (Å²) in [7, 11) is 1.48. The molecule has 0 aliphatic carbocycles. The molecule has 1 heterocycles. The summed E-state index contributed by atoms with van der Waals surface area (Å²) in [4.78, 5) is 7.87. The van der Waals surface area contributed by atoms with Crippen molar-refractivity contribution in [2.45, 2.75) is 0 Å². The third-order valence-electron chi connectivity index (χ3n) is 2.29. The Morgan fingerprint density at radius 1 is 1.37 bits per heavy atom. The number of nitrogens with one attached hydrogen (secondary N) is 1. The maximum Gasteiger partial charge on any atom is 0.225 e. The molecule has 7 heteroatoms. The fraction of sp³-hybridized carbons (Fsp3) is 0.0833. The van der Waals surface area contributed by atoms with Crippen LogP contribution in [0.1, 0.15) is 5.56 Å². The molecule has 0 fully saturated rings. The number of aromatic nitrogens is 2. The zero-order valence-electron chi connectivity index (χ0n) is 10.0. The van der Waals surface area contributed by atoms with Crippen molar-refractivity contribution in [2.24, 2.45) is 0 Å². The van der Waals surface area contributed by atoms with E-state index in [1.165, 1.54) is 7.11 Å². The first-order valence-corrected chi connectivity index (χ1v) is 5.65. The molecule has 2 aromatic rings. The van der Waals surface area contributed by atoms with Crippen LogP contribution in [0, 0.1) is 11.3 Å². The van der Waals surface area contributed by atoms with Gasteiger partial charge >= 0.3 is 0 Å². The normalized spacial score (nSPS) is 9.74. The molecule has 1 aromatic carbocycles. The van der Waals surface area contributed by atoms with Crippen LogP contribution in [0.4, 0.5) is 17.5 Å². The number of ether oxygens (including phenoxy) is 1. The van der Waals surface area contributed by atoms with Gasteiger partial charge in [0.05, 0.1) is 18.4 Å². The number of methoxy groups -OCH3 is 1. The molecule has 0 radical (unpaired) electrons. The third-order valence-corrected chi connectivity index (χ3v) is 2.53. The van der Waals surface area contributed by atoms with Gasteiger partial charge in [-0.15, -0.1) is 0 Å². The van der Waals surface area contributed by atoms with Crippen molar-refractivity contribution >= 4 is 29.1 Å². The molecule has 0 atom stereocenters. The van der Waals surface area contributed by atoms with Crippen molar-refractivity contribution in [1.29, 1.82) is 5.26 Å². The Hall–Kier alpha value is -2.52. The van der Waals surface area contributed by atoms with Gasteiger partial charge in [-0.05, 0) is 18.2 Å². The van der Waals surface area contributed by atoms with Gasteiger partial charge in [0.25, 0.3) is 0 Å². The van der Waals surface area contributed by atoms with Crippen LogP contribution < -0.4 is 15.8 Å². The predicted molar refractivity (Wildman–Crippen MR) is 72.4 cm³/mol. The van der Waals surface area contributed by atoms with Crippen LogP contribution in [0.2, 0.25) is 5.02 Å². The maximum atomic E-state index is 9.03. The van der Waals surface area contributed by atoms with Gasteiger partial charge in [0, 0.05) is 11.1 Å². The van der Waals surface area contributed by atoms with Crippen molar-refractivity contribution in [3.05, 3.63) is 34.9 Å². The van der Waals surface area contributed by atoms with Gasteiger partial charge in [-0.25, -0.2) is 0 Å². The average Bonchev–Trinajstić information content (AvgIpc) is 2.38. The van der Waals surface area contributed by atoms with Crippen LogP contribution in [-0.4, -0.2) is 17.1 Å². The Labute approximate surface area is 114 Å². The van der Waals surface area contributed by atoms with Crippen molar-refractivity contribution < 1.29 is 4.74 Å². The minimum Gasteiger partial charge on any atom is -0.481 e. The van der Waals surface area contributed by atoms with Crippen LogP contribution in [0.5, 0.6) is 5.88 Å². The summed E-state index contributed by atoms with van der Waals surface area (Å²) >= 11 is 5.90. The largest absolute Gasteiger partial charge is 0.481 e. The van der Waals surface area contributed by atoms with E-state index in [0.717, 1.165) is 0 Å². The van der Waals surface area contributed by atoms with E-state index in [1.807, 2.05) is 0 Å². The standard InChI is InChI=1S/C12H10ClN5O/c1-19-11-5-10(17-12(15)18-11)16-9-4-8(13)3-2-7(9)6-14/h2-5H,1H3,(H3,15,16,17,18). The molecule has 0 amide bonds. The smallest absolute Gasteiger partial charge is 0.225 e. The van der Waals surface area contributed by atoms with Gasteiger partial charge in [0.15, 0.2) is 0 Å². The molecular formula is C12H10ClN5O. The van der Waals surface area contributed by atoms with E-state index in [0.29, 0.717) is 28.0 Å². The second-order valence-electron chi connectivity index (χ2n) is 3.58. The fourth-order valence-electron chi connectivity index (χ4n) is 1.47. The molecule has 3 N–H and O–H groups in total. The zero-order chi connectivity index (χ0) is 13.8. The monoisotopic (exact) mass is 275 g/mol. The number of nitriles is 1. The third kappa shape index (κ3) is 3.03. The van der Waals surface area contributed by atoms with E-state index in [1.54, 1.807) is 24.3 Å². The number of anilines is 3. The summed E-state index contributed by atoms with van der Waals surface area (Å²) < 4.78 is 4.99. The van der Waals surface area contributed by atoms with Crippen molar-refractivity contribution in [3.8, 4) is 11.9 Å². The molecule has 0 bridgehead atoms. The summed E-state index contributed by atoms with van der Waals surface area (Å²) in [6.45, 7) is 0. The molecule has 2 rings (SSSR count). The van der Waals surface area contributed by atoms with Crippen molar-refractivity contribution in [2.75, 3.05) is 18.2 Å². The van der Waals surface area contributed by atoms with Gasteiger partial charge in [-0.2, -0.15) is 15.2 Å². The molecule has 6 nitrogen and oxygen atoms in total. The van der Waals surface area contributed by atoms with Crippen LogP contribution in [0.3, 0.4) is 0 Å². The van der Waals surface area contributed by atoms with E-state index in [-0.39, 0.29) is 5.95 Å². The van der Waals surface area contributed by atoms with E-state index >= 15 is 0 Å². The predicted octanol–water partition coefficient (Wildman–Crippen LogP) is 2.34. The quantitative estimate of drug-likeness (QED) is 0.892. The first kappa shape index (κ1) is 12.9. The number of halogens is 1. The van der Waals surface area contributed by atoms with Gasteiger partial charge in [0.1, 0.15) is 11.9 Å². The molecular weight excluding hydrogens is 266 g/mol. The van der Waals surface area contributed by atoms with Crippen LogP contribution in [0.15, 0.2) is 24.3 Å². The van der Waals surface area contributed by atoms with Gasteiger partial charge in [-0.3, -0.25) is 0 Å². The van der Waals surface area contributed by atoms with Crippen LogP contribution >= 0.6 is 11.6 Å². The SMILES string of the molecule is COc1cc(Nc2cc(Cl)ccc2C#N)nc(N)n1. The van der Waals surface area contributed by atoms with Crippen molar-refractivity contribution in [1.82, 2.24) is 9.97 Å². The molecule has 0 saturated carbocycles. The minimum atomic E-state index is 0.0717.